The van der Waals surface area contributed by atoms with E-state index in [1.807, 2.05) is 18.2 Å². The largest absolute Gasteiger partial charge is 0.481 e. The lowest BCUT2D eigenvalue weighted by Gasteiger charge is -2.02. The standard InChI is InChI=1S/C10H6Br2Cl2O2/c11-5-2-1-4(3-6(5)12)7-8(9(15)16)10(7,13)14/h1-3,7-8H,(H,15,16)/t7-,8+/m0/s1. The summed E-state index contributed by atoms with van der Waals surface area (Å²) in [5.41, 5.74) is 0.826. The van der Waals surface area contributed by atoms with Gasteiger partial charge in [-0.3, -0.25) is 4.79 Å². The summed E-state index contributed by atoms with van der Waals surface area (Å²) in [6, 6.07) is 5.49. The highest BCUT2D eigenvalue weighted by Gasteiger charge is 2.68. The van der Waals surface area contributed by atoms with Crippen LogP contribution in [0, 0.1) is 5.92 Å². The smallest absolute Gasteiger partial charge is 0.310 e. The highest BCUT2D eigenvalue weighted by atomic mass is 79.9. The first kappa shape index (κ1) is 12.7. The van der Waals surface area contributed by atoms with Gasteiger partial charge in [-0.25, -0.2) is 0 Å². The van der Waals surface area contributed by atoms with Crippen LogP contribution in [0.4, 0.5) is 0 Å². The number of hydrogen-bond donors (Lipinski definition) is 1. The molecule has 0 saturated heterocycles. The normalized spacial score (nSPS) is 26.5. The van der Waals surface area contributed by atoms with Crippen LogP contribution in [0.2, 0.25) is 0 Å². The van der Waals surface area contributed by atoms with Crippen molar-refractivity contribution in [2.45, 2.75) is 10.3 Å². The second-order valence-corrected chi connectivity index (χ2v) is 6.79. The van der Waals surface area contributed by atoms with Crippen LogP contribution in [0.5, 0.6) is 0 Å². The predicted octanol–water partition coefficient (Wildman–Crippen LogP) is 4.18. The van der Waals surface area contributed by atoms with E-state index >= 15 is 0 Å². The fourth-order valence-electron chi connectivity index (χ4n) is 1.75. The van der Waals surface area contributed by atoms with Crippen LogP contribution >= 0.6 is 55.1 Å². The molecule has 0 radical (unpaired) electrons. The summed E-state index contributed by atoms with van der Waals surface area (Å²) in [4.78, 5) is 10.9. The molecule has 2 nitrogen and oxygen atoms in total. The zero-order chi connectivity index (χ0) is 12.1. The van der Waals surface area contributed by atoms with E-state index in [0.29, 0.717) is 0 Å². The molecule has 0 amide bonds. The molecule has 16 heavy (non-hydrogen) atoms. The van der Waals surface area contributed by atoms with Crippen molar-refractivity contribution in [2.24, 2.45) is 5.92 Å². The Hall–Kier alpha value is 0.230. The Morgan fingerprint density at radius 2 is 1.94 bits per heavy atom. The van der Waals surface area contributed by atoms with Gasteiger partial charge in [0.15, 0.2) is 0 Å². The van der Waals surface area contributed by atoms with E-state index in [0.717, 1.165) is 14.5 Å². The molecule has 2 atom stereocenters. The zero-order valence-corrected chi connectivity index (χ0v) is 12.4. The van der Waals surface area contributed by atoms with Gasteiger partial charge < -0.3 is 5.11 Å². The maximum absolute atomic E-state index is 10.9. The van der Waals surface area contributed by atoms with Crippen LogP contribution < -0.4 is 0 Å². The number of rotatable bonds is 2. The number of halogens is 4. The predicted molar refractivity (Wildman–Crippen MR) is 70.1 cm³/mol. The minimum absolute atomic E-state index is 0.349. The lowest BCUT2D eigenvalue weighted by Crippen LogP contribution is -2.03. The van der Waals surface area contributed by atoms with Gasteiger partial charge in [0.2, 0.25) is 0 Å². The molecule has 2 rings (SSSR count). The van der Waals surface area contributed by atoms with Crippen LogP contribution in [0.25, 0.3) is 0 Å². The fourth-order valence-corrected chi connectivity index (χ4v) is 3.21. The lowest BCUT2D eigenvalue weighted by atomic mass is 10.1. The van der Waals surface area contributed by atoms with Crippen molar-refractivity contribution >= 4 is 61.0 Å². The number of carboxylic acids is 1. The van der Waals surface area contributed by atoms with E-state index in [9.17, 15) is 4.79 Å². The minimum Gasteiger partial charge on any atom is -0.481 e. The Bertz CT molecular complexity index is 462. The van der Waals surface area contributed by atoms with Crippen LogP contribution in [-0.2, 0) is 4.79 Å². The van der Waals surface area contributed by atoms with Crippen molar-refractivity contribution in [3.8, 4) is 0 Å². The molecular formula is C10H6Br2Cl2O2. The van der Waals surface area contributed by atoms with Gasteiger partial charge in [0.1, 0.15) is 4.33 Å². The molecule has 1 aromatic rings. The second kappa shape index (κ2) is 4.16. The quantitative estimate of drug-likeness (QED) is 0.771. The van der Waals surface area contributed by atoms with E-state index in [2.05, 4.69) is 31.9 Å². The number of alkyl halides is 2. The molecule has 0 unspecified atom stereocenters. The Balaban J connectivity index is 2.33. The van der Waals surface area contributed by atoms with Gasteiger partial charge in [0, 0.05) is 14.9 Å². The molecule has 1 N–H and O–H groups in total. The Labute approximate surface area is 119 Å². The summed E-state index contributed by atoms with van der Waals surface area (Å²) in [6.07, 6.45) is 0. The van der Waals surface area contributed by atoms with Crippen LogP contribution in [0.1, 0.15) is 11.5 Å². The van der Waals surface area contributed by atoms with E-state index in [1.165, 1.54) is 0 Å². The first-order chi connectivity index (χ1) is 7.35. The Morgan fingerprint density at radius 3 is 2.38 bits per heavy atom. The van der Waals surface area contributed by atoms with Crippen molar-refractivity contribution in [3.63, 3.8) is 0 Å². The maximum atomic E-state index is 10.9. The van der Waals surface area contributed by atoms with Gasteiger partial charge in [0.05, 0.1) is 5.92 Å². The molecule has 0 aliphatic heterocycles. The highest BCUT2D eigenvalue weighted by Crippen LogP contribution is 2.65. The molecule has 0 spiro atoms. The van der Waals surface area contributed by atoms with Crippen molar-refractivity contribution in [1.82, 2.24) is 0 Å². The van der Waals surface area contributed by atoms with Crippen LogP contribution in [0.15, 0.2) is 27.1 Å². The number of benzene rings is 1. The summed E-state index contributed by atoms with van der Waals surface area (Å²) < 4.78 is 0.558. The first-order valence-electron chi connectivity index (χ1n) is 4.41. The average Bonchev–Trinajstić information content (AvgIpc) is 2.74. The van der Waals surface area contributed by atoms with E-state index in [1.54, 1.807) is 0 Å². The number of carbonyl (C=O) groups is 1. The molecule has 1 saturated carbocycles. The van der Waals surface area contributed by atoms with Gasteiger partial charge in [-0.15, -0.1) is 0 Å². The number of aliphatic carboxylic acids is 1. The van der Waals surface area contributed by atoms with Crippen molar-refractivity contribution in [2.75, 3.05) is 0 Å². The highest BCUT2D eigenvalue weighted by molar-refractivity contribution is 9.13. The average molecular weight is 389 g/mol. The zero-order valence-electron chi connectivity index (χ0n) is 7.75. The Morgan fingerprint density at radius 1 is 1.31 bits per heavy atom. The van der Waals surface area contributed by atoms with Crippen molar-refractivity contribution in [1.29, 1.82) is 0 Å². The molecule has 1 aliphatic carbocycles. The third-order valence-corrected chi connectivity index (χ3v) is 5.44. The maximum Gasteiger partial charge on any atom is 0.310 e. The molecule has 1 aliphatic rings. The molecule has 0 bridgehead atoms. The van der Waals surface area contributed by atoms with Gasteiger partial charge in [-0.1, -0.05) is 29.3 Å². The summed E-state index contributed by atoms with van der Waals surface area (Å²) >= 11 is 18.6. The second-order valence-electron chi connectivity index (χ2n) is 3.64. The fraction of sp³-hybridized carbons (Fsp3) is 0.300. The van der Waals surface area contributed by atoms with Crippen LogP contribution in [-0.4, -0.2) is 15.4 Å². The summed E-state index contributed by atoms with van der Waals surface area (Å²) in [6.45, 7) is 0. The molecule has 0 aromatic heterocycles. The van der Waals surface area contributed by atoms with E-state index < -0.39 is 16.2 Å². The van der Waals surface area contributed by atoms with E-state index in [4.69, 9.17) is 28.3 Å². The van der Waals surface area contributed by atoms with Gasteiger partial charge in [-0.2, -0.15) is 0 Å². The van der Waals surface area contributed by atoms with Gasteiger partial charge in [0.25, 0.3) is 0 Å². The van der Waals surface area contributed by atoms with Gasteiger partial charge >= 0.3 is 5.97 Å². The Kier molecular flexibility index (Phi) is 3.30. The van der Waals surface area contributed by atoms with Crippen LogP contribution in [0.3, 0.4) is 0 Å². The topological polar surface area (TPSA) is 37.3 Å². The van der Waals surface area contributed by atoms with Crippen molar-refractivity contribution in [3.05, 3.63) is 32.7 Å². The number of hydrogen-bond acceptors (Lipinski definition) is 1. The minimum atomic E-state index is -1.20. The monoisotopic (exact) mass is 386 g/mol. The van der Waals surface area contributed by atoms with E-state index in [-0.39, 0.29) is 5.92 Å². The summed E-state index contributed by atoms with van der Waals surface area (Å²) in [5.74, 6) is -2.05. The third-order valence-electron chi connectivity index (χ3n) is 2.62. The summed E-state index contributed by atoms with van der Waals surface area (Å²) in [5, 5.41) is 8.95. The summed E-state index contributed by atoms with van der Waals surface area (Å²) in [7, 11) is 0. The van der Waals surface area contributed by atoms with Gasteiger partial charge in [-0.05, 0) is 49.6 Å². The molecule has 86 valence electrons. The lowest BCUT2D eigenvalue weighted by molar-refractivity contribution is -0.138. The molecule has 1 fully saturated rings. The first-order valence-corrected chi connectivity index (χ1v) is 6.75. The molecule has 0 heterocycles. The number of carboxylic acid groups (broad SMARTS) is 1. The third kappa shape index (κ3) is 2.01. The SMILES string of the molecule is O=C(O)[C@H]1[C@H](c2ccc(Br)c(Br)c2)C1(Cl)Cl. The molecule has 1 aromatic carbocycles. The molecule has 6 heteroatoms. The van der Waals surface area contributed by atoms with Crippen molar-refractivity contribution < 1.29 is 9.90 Å². The molecular weight excluding hydrogens is 383 g/mol.